The number of likely N-dealkylation sites (N-methyl/N-ethyl adjacent to an activating group) is 1. The van der Waals surface area contributed by atoms with Crippen LogP contribution in [-0.4, -0.2) is 22.6 Å². The number of hydrogen-bond donors (Lipinski definition) is 2. The third kappa shape index (κ3) is 2.39. The maximum atomic E-state index is 11.1. The van der Waals surface area contributed by atoms with Gasteiger partial charge in [-0.15, -0.1) is 0 Å². The number of nitrogens with one attached hydrogen (secondary N) is 1. The highest BCUT2D eigenvalue weighted by molar-refractivity contribution is 5.75. The van der Waals surface area contributed by atoms with Crippen molar-refractivity contribution >= 4 is 5.91 Å². The van der Waals surface area contributed by atoms with Crippen LogP contribution in [0.15, 0.2) is 18.5 Å². The van der Waals surface area contributed by atoms with Crippen molar-refractivity contribution in [2.24, 2.45) is 5.92 Å². The van der Waals surface area contributed by atoms with Gasteiger partial charge < -0.3 is 15.0 Å². The van der Waals surface area contributed by atoms with Crippen LogP contribution in [0, 0.1) is 5.92 Å². The van der Waals surface area contributed by atoms with Crippen LogP contribution < -0.4 is 5.32 Å². The number of carbonyl (C=O) groups excluding carboxylic acids is 1. The summed E-state index contributed by atoms with van der Waals surface area (Å²) in [7, 11) is 1.62. The number of hydrogen-bond acceptors (Lipinski definition) is 2. The molecule has 82 valence electrons. The summed E-state index contributed by atoms with van der Waals surface area (Å²) in [6.07, 6.45) is 5.55. The van der Waals surface area contributed by atoms with Gasteiger partial charge in [0, 0.05) is 19.4 Å². The van der Waals surface area contributed by atoms with Crippen LogP contribution in [0.25, 0.3) is 0 Å². The lowest BCUT2D eigenvalue weighted by molar-refractivity contribution is -0.121. The van der Waals surface area contributed by atoms with E-state index in [0.717, 1.165) is 18.4 Å². The summed E-state index contributed by atoms with van der Waals surface area (Å²) in [5, 5.41) is 12.4. The van der Waals surface area contributed by atoms with Crippen LogP contribution in [0.5, 0.6) is 0 Å². The molecule has 0 aromatic carbocycles. The molecule has 2 rings (SSSR count). The second-order valence-corrected chi connectivity index (χ2v) is 4.07. The van der Waals surface area contributed by atoms with Gasteiger partial charge in [0.05, 0.1) is 6.10 Å². The molecule has 15 heavy (non-hydrogen) atoms. The van der Waals surface area contributed by atoms with Crippen LogP contribution in [0.3, 0.4) is 0 Å². The highest BCUT2D eigenvalue weighted by atomic mass is 16.3. The highest BCUT2D eigenvalue weighted by Gasteiger charge is 2.31. The Morgan fingerprint density at radius 2 is 2.47 bits per heavy atom. The highest BCUT2D eigenvalue weighted by Crippen LogP contribution is 2.40. The fourth-order valence-corrected chi connectivity index (χ4v) is 1.66. The Hall–Kier alpha value is -1.29. The van der Waals surface area contributed by atoms with E-state index in [4.69, 9.17) is 0 Å². The van der Waals surface area contributed by atoms with E-state index in [-0.39, 0.29) is 12.0 Å². The Balaban J connectivity index is 1.99. The molecule has 4 nitrogen and oxygen atoms in total. The van der Waals surface area contributed by atoms with Gasteiger partial charge >= 0.3 is 0 Å². The smallest absolute Gasteiger partial charge is 0.239 e. The number of nitrogens with zero attached hydrogens (tertiary/aromatic N) is 1. The number of rotatable bonds is 4. The molecular weight excluding hydrogens is 192 g/mol. The minimum absolute atomic E-state index is 0.0296. The van der Waals surface area contributed by atoms with Gasteiger partial charge in [-0.3, -0.25) is 4.79 Å². The first-order valence-corrected chi connectivity index (χ1v) is 5.25. The van der Waals surface area contributed by atoms with Gasteiger partial charge in [-0.05, 0) is 30.4 Å². The number of aromatic nitrogens is 1. The second-order valence-electron chi connectivity index (χ2n) is 4.07. The van der Waals surface area contributed by atoms with Crippen molar-refractivity contribution in [2.75, 3.05) is 7.05 Å². The largest absolute Gasteiger partial charge is 0.388 e. The average molecular weight is 208 g/mol. The zero-order valence-electron chi connectivity index (χ0n) is 8.81. The van der Waals surface area contributed by atoms with Crippen LogP contribution in [0.1, 0.15) is 24.5 Å². The molecule has 1 aromatic rings. The van der Waals surface area contributed by atoms with Crippen molar-refractivity contribution in [2.45, 2.75) is 25.5 Å². The van der Waals surface area contributed by atoms with E-state index in [9.17, 15) is 9.90 Å². The van der Waals surface area contributed by atoms with Crippen molar-refractivity contribution in [1.82, 2.24) is 9.88 Å². The number of aliphatic hydroxyl groups is 1. The van der Waals surface area contributed by atoms with Crippen LogP contribution >= 0.6 is 0 Å². The number of amides is 1. The summed E-state index contributed by atoms with van der Waals surface area (Å²) in [6, 6.07) is 1.88. The van der Waals surface area contributed by atoms with Crippen molar-refractivity contribution in [1.29, 1.82) is 0 Å². The SMILES string of the molecule is CNC(=O)Cn1ccc(C(O)C2CC2)c1. The van der Waals surface area contributed by atoms with E-state index in [1.54, 1.807) is 11.6 Å². The molecule has 1 fully saturated rings. The molecule has 0 bridgehead atoms. The number of aliphatic hydroxyl groups excluding tert-OH is 1. The minimum atomic E-state index is -0.351. The van der Waals surface area contributed by atoms with E-state index in [1.165, 1.54) is 0 Å². The van der Waals surface area contributed by atoms with Crippen molar-refractivity contribution in [3.05, 3.63) is 24.0 Å². The summed E-state index contributed by atoms with van der Waals surface area (Å²) >= 11 is 0. The summed E-state index contributed by atoms with van der Waals surface area (Å²) in [5.74, 6) is 0.402. The summed E-state index contributed by atoms with van der Waals surface area (Å²) in [5.41, 5.74) is 0.918. The van der Waals surface area contributed by atoms with E-state index in [2.05, 4.69) is 5.32 Å². The molecule has 0 saturated heterocycles. The zero-order valence-corrected chi connectivity index (χ0v) is 8.81. The summed E-state index contributed by atoms with van der Waals surface area (Å²) in [6.45, 7) is 0.313. The molecule has 0 aliphatic heterocycles. The standard InChI is InChI=1S/C11H16N2O2/c1-12-10(14)7-13-5-4-9(6-13)11(15)8-2-3-8/h4-6,8,11,15H,2-3,7H2,1H3,(H,12,14). The third-order valence-electron chi connectivity index (χ3n) is 2.79. The van der Waals surface area contributed by atoms with Crippen LogP contribution in [0.2, 0.25) is 0 Å². The molecule has 1 saturated carbocycles. The van der Waals surface area contributed by atoms with E-state index in [0.29, 0.717) is 12.5 Å². The topological polar surface area (TPSA) is 54.3 Å². The predicted molar refractivity (Wildman–Crippen MR) is 56.2 cm³/mol. The minimum Gasteiger partial charge on any atom is -0.388 e. The first-order valence-electron chi connectivity index (χ1n) is 5.25. The van der Waals surface area contributed by atoms with Crippen molar-refractivity contribution < 1.29 is 9.90 Å². The quantitative estimate of drug-likeness (QED) is 0.764. The van der Waals surface area contributed by atoms with Gasteiger partial charge in [0.25, 0.3) is 0 Å². The van der Waals surface area contributed by atoms with E-state index in [1.807, 2.05) is 18.5 Å². The molecule has 1 heterocycles. The Kier molecular flexibility index (Phi) is 2.77. The molecular formula is C11H16N2O2. The molecule has 1 aliphatic rings. The maximum absolute atomic E-state index is 11.1. The molecule has 0 radical (unpaired) electrons. The Morgan fingerprint density at radius 3 is 3.07 bits per heavy atom. The predicted octanol–water partition coefficient (Wildman–Crippen LogP) is 0.677. The molecule has 2 N–H and O–H groups in total. The molecule has 0 spiro atoms. The maximum Gasteiger partial charge on any atom is 0.239 e. The van der Waals surface area contributed by atoms with Gasteiger partial charge in [-0.25, -0.2) is 0 Å². The first kappa shape index (κ1) is 10.2. The van der Waals surface area contributed by atoms with Crippen LogP contribution in [0.4, 0.5) is 0 Å². The monoisotopic (exact) mass is 208 g/mol. The summed E-state index contributed by atoms with van der Waals surface area (Å²) < 4.78 is 1.79. The van der Waals surface area contributed by atoms with Gasteiger partial charge in [-0.2, -0.15) is 0 Å². The lowest BCUT2D eigenvalue weighted by Crippen LogP contribution is -2.22. The zero-order chi connectivity index (χ0) is 10.8. The fraction of sp³-hybridized carbons (Fsp3) is 0.545. The van der Waals surface area contributed by atoms with Gasteiger partial charge in [0.2, 0.25) is 5.91 Å². The Labute approximate surface area is 88.9 Å². The normalized spacial score (nSPS) is 17.5. The summed E-state index contributed by atoms with van der Waals surface area (Å²) in [4.78, 5) is 11.1. The van der Waals surface area contributed by atoms with E-state index >= 15 is 0 Å². The van der Waals surface area contributed by atoms with Gasteiger partial charge in [0.15, 0.2) is 0 Å². The molecule has 1 aromatic heterocycles. The van der Waals surface area contributed by atoms with Gasteiger partial charge in [-0.1, -0.05) is 0 Å². The van der Waals surface area contributed by atoms with Gasteiger partial charge in [0.1, 0.15) is 6.54 Å². The fourth-order valence-electron chi connectivity index (χ4n) is 1.66. The number of carbonyl (C=O) groups is 1. The third-order valence-corrected chi connectivity index (χ3v) is 2.79. The van der Waals surface area contributed by atoms with Crippen molar-refractivity contribution in [3.8, 4) is 0 Å². The molecule has 1 aliphatic carbocycles. The van der Waals surface area contributed by atoms with Crippen LogP contribution in [-0.2, 0) is 11.3 Å². The molecule has 1 amide bonds. The Morgan fingerprint density at radius 1 is 1.73 bits per heavy atom. The Bertz CT molecular complexity index is 355. The van der Waals surface area contributed by atoms with E-state index < -0.39 is 0 Å². The van der Waals surface area contributed by atoms with Crippen molar-refractivity contribution in [3.63, 3.8) is 0 Å². The molecule has 4 heteroatoms. The average Bonchev–Trinajstić information content (AvgIpc) is 2.98. The lowest BCUT2D eigenvalue weighted by Gasteiger charge is -2.06. The molecule has 1 atom stereocenters. The lowest BCUT2D eigenvalue weighted by atomic mass is 10.1. The first-order chi connectivity index (χ1) is 7.20. The molecule has 1 unspecified atom stereocenters. The second kappa shape index (κ2) is 4.06.